The van der Waals surface area contributed by atoms with Gasteiger partial charge in [-0.15, -0.1) is 0 Å². The Morgan fingerprint density at radius 3 is 2.87 bits per heavy atom. The van der Waals surface area contributed by atoms with Crippen LogP contribution in [0.3, 0.4) is 0 Å². The summed E-state index contributed by atoms with van der Waals surface area (Å²) in [5.41, 5.74) is 1.91. The van der Waals surface area contributed by atoms with E-state index in [0.717, 1.165) is 29.6 Å². The molecule has 0 spiro atoms. The lowest BCUT2D eigenvalue weighted by atomic mass is 10.1. The van der Waals surface area contributed by atoms with Crippen LogP contribution in [0.25, 0.3) is 11.0 Å². The Morgan fingerprint density at radius 1 is 1.22 bits per heavy atom. The van der Waals surface area contributed by atoms with Crippen molar-refractivity contribution in [2.75, 3.05) is 26.3 Å². The molecule has 3 heterocycles. The largest absolute Gasteiger partial charge is 0.451 e. The van der Waals surface area contributed by atoms with Crippen LogP contribution in [-0.4, -0.2) is 49.2 Å². The molecule has 0 radical (unpaired) electrons. The van der Waals surface area contributed by atoms with Crippen LogP contribution in [0.4, 0.5) is 0 Å². The fraction of sp³-hybridized carbons (Fsp3) is 0.500. The van der Waals surface area contributed by atoms with E-state index in [1.165, 1.54) is 12.8 Å². The molecule has 2 aliphatic rings. The van der Waals surface area contributed by atoms with Crippen LogP contribution in [0.15, 0.2) is 28.7 Å². The van der Waals surface area contributed by atoms with Crippen molar-refractivity contribution >= 4 is 16.9 Å². The van der Waals surface area contributed by atoms with E-state index in [0.29, 0.717) is 19.0 Å². The third kappa shape index (κ3) is 2.86. The molecule has 2 aromatic rings. The van der Waals surface area contributed by atoms with Crippen LogP contribution < -0.4 is 5.32 Å². The Morgan fingerprint density at radius 2 is 2.04 bits per heavy atom. The molecule has 1 N–H and O–H groups in total. The number of rotatable bonds is 3. The third-order valence-electron chi connectivity index (χ3n) is 4.87. The first-order valence-electron chi connectivity index (χ1n) is 8.33. The Bertz CT molecular complexity index is 718. The van der Waals surface area contributed by atoms with Gasteiger partial charge in [0.15, 0.2) is 5.76 Å². The lowest BCUT2D eigenvalue weighted by molar-refractivity contribution is 0.0890. The Hall–Kier alpha value is -1.85. The summed E-state index contributed by atoms with van der Waals surface area (Å²) in [6.45, 7) is 5.51. The van der Waals surface area contributed by atoms with Gasteiger partial charge in [0, 0.05) is 5.39 Å². The van der Waals surface area contributed by atoms with E-state index in [1.54, 1.807) is 0 Å². The molecule has 1 aromatic carbocycles. The average molecular weight is 314 g/mol. The van der Waals surface area contributed by atoms with Gasteiger partial charge in [-0.3, -0.25) is 9.69 Å². The minimum absolute atomic E-state index is 0.0375. The van der Waals surface area contributed by atoms with E-state index >= 15 is 0 Å². The number of hydrogen-bond acceptors (Lipinski definition) is 4. The molecular formula is C18H22N2O3. The fourth-order valence-corrected chi connectivity index (χ4v) is 3.63. The molecule has 2 fully saturated rings. The number of hydrogen-bond donors (Lipinski definition) is 1. The van der Waals surface area contributed by atoms with E-state index in [-0.39, 0.29) is 18.0 Å². The molecule has 0 bridgehead atoms. The number of amides is 1. The summed E-state index contributed by atoms with van der Waals surface area (Å²) in [6, 6.07) is 8.07. The molecule has 2 saturated heterocycles. The molecular weight excluding hydrogens is 292 g/mol. The highest BCUT2D eigenvalue weighted by atomic mass is 16.5. The van der Waals surface area contributed by atoms with Crippen LogP contribution in [0.5, 0.6) is 0 Å². The first kappa shape index (κ1) is 14.7. The van der Waals surface area contributed by atoms with Crippen molar-refractivity contribution in [3.05, 3.63) is 35.6 Å². The number of carbonyl (C=O) groups excluding carboxylic acids is 1. The maximum absolute atomic E-state index is 12.5. The fourth-order valence-electron chi connectivity index (χ4n) is 3.63. The highest BCUT2D eigenvalue weighted by Crippen LogP contribution is 2.22. The average Bonchev–Trinajstić information content (AvgIpc) is 3.26. The molecule has 0 unspecified atom stereocenters. The number of carbonyl (C=O) groups is 1. The monoisotopic (exact) mass is 314 g/mol. The molecule has 5 nitrogen and oxygen atoms in total. The molecule has 122 valence electrons. The minimum atomic E-state index is -0.154. The molecule has 0 saturated carbocycles. The van der Waals surface area contributed by atoms with Gasteiger partial charge in [-0.2, -0.15) is 0 Å². The number of furan rings is 1. The summed E-state index contributed by atoms with van der Waals surface area (Å²) in [7, 11) is 0. The summed E-state index contributed by atoms with van der Waals surface area (Å²) in [4.78, 5) is 15.0. The summed E-state index contributed by atoms with van der Waals surface area (Å²) in [5.74, 6) is 0.219. The van der Waals surface area contributed by atoms with Gasteiger partial charge in [-0.25, -0.2) is 0 Å². The zero-order valence-corrected chi connectivity index (χ0v) is 13.4. The third-order valence-corrected chi connectivity index (χ3v) is 4.87. The number of nitrogens with one attached hydrogen (secondary N) is 1. The summed E-state index contributed by atoms with van der Waals surface area (Å²) < 4.78 is 11.3. The maximum atomic E-state index is 12.5. The van der Waals surface area contributed by atoms with Gasteiger partial charge in [-0.1, -0.05) is 11.6 Å². The highest BCUT2D eigenvalue weighted by molar-refractivity contribution is 5.96. The van der Waals surface area contributed by atoms with E-state index in [9.17, 15) is 4.79 Å². The molecule has 2 atom stereocenters. The van der Waals surface area contributed by atoms with Gasteiger partial charge in [0.1, 0.15) is 5.58 Å². The zero-order valence-electron chi connectivity index (χ0n) is 13.4. The van der Waals surface area contributed by atoms with E-state index in [4.69, 9.17) is 9.15 Å². The van der Waals surface area contributed by atoms with Crippen molar-refractivity contribution in [3.8, 4) is 0 Å². The Kier molecular flexibility index (Phi) is 3.83. The van der Waals surface area contributed by atoms with Crippen molar-refractivity contribution in [1.82, 2.24) is 10.2 Å². The van der Waals surface area contributed by atoms with Gasteiger partial charge in [-0.05, 0) is 51.1 Å². The molecule has 4 rings (SSSR count). The smallest absolute Gasteiger partial charge is 0.287 e. The zero-order chi connectivity index (χ0) is 15.8. The number of nitrogens with zero attached hydrogens (tertiary/aromatic N) is 1. The topological polar surface area (TPSA) is 54.7 Å². The normalized spacial score (nSPS) is 25.3. The van der Waals surface area contributed by atoms with Gasteiger partial charge >= 0.3 is 0 Å². The molecule has 2 aliphatic heterocycles. The summed E-state index contributed by atoms with van der Waals surface area (Å²) in [5, 5.41) is 4.06. The predicted octanol–water partition coefficient (Wildman–Crippen LogP) is 2.33. The SMILES string of the molecule is Cc1ccc2oc(C(=O)N[C@H]3COC[C@@H]3N3CCCC3)cc2c1. The second-order valence-corrected chi connectivity index (χ2v) is 6.58. The Balaban J connectivity index is 1.49. The van der Waals surface area contributed by atoms with Crippen molar-refractivity contribution < 1.29 is 13.9 Å². The van der Waals surface area contributed by atoms with Crippen LogP contribution >= 0.6 is 0 Å². The first-order chi connectivity index (χ1) is 11.2. The van der Waals surface area contributed by atoms with Crippen molar-refractivity contribution in [2.24, 2.45) is 0 Å². The van der Waals surface area contributed by atoms with E-state index in [2.05, 4.69) is 10.2 Å². The molecule has 23 heavy (non-hydrogen) atoms. The lowest BCUT2D eigenvalue weighted by Crippen LogP contribution is -2.50. The first-order valence-corrected chi connectivity index (χ1v) is 8.33. The van der Waals surface area contributed by atoms with E-state index < -0.39 is 0 Å². The molecule has 0 aliphatic carbocycles. The van der Waals surface area contributed by atoms with Crippen molar-refractivity contribution in [2.45, 2.75) is 31.8 Å². The summed E-state index contributed by atoms with van der Waals surface area (Å²) in [6.07, 6.45) is 2.47. The van der Waals surface area contributed by atoms with Crippen molar-refractivity contribution in [1.29, 1.82) is 0 Å². The number of likely N-dealkylation sites (tertiary alicyclic amines) is 1. The second-order valence-electron chi connectivity index (χ2n) is 6.58. The highest BCUT2D eigenvalue weighted by Gasteiger charge is 2.35. The van der Waals surface area contributed by atoms with Crippen LogP contribution in [0.1, 0.15) is 29.0 Å². The van der Waals surface area contributed by atoms with Gasteiger partial charge < -0.3 is 14.5 Å². The van der Waals surface area contributed by atoms with Crippen LogP contribution in [-0.2, 0) is 4.74 Å². The second kappa shape index (κ2) is 5.98. The number of benzene rings is 1. The van der Waals surface area contributed by atoms with Crippen LogP contribution in [0, 0.1) is 6.92 Å². The molecule has 1 amide bonds. The quantitative estimate of drug-likeness (QED) is 0.945. The Labute approximate surface area is 135 Å². The molecule has 1 aromatic heterocycles. The minimum Gasteiger partial charge on any atom is -0.451 e. The van der Waals surface area contributed by atoms with Gasteiger partial charge in [0.05, 0.1) is 25.3 Å². The van der Waals surface area contributed by atoms with E-state index in [1.807, 2.05) is 31.2 Å². The van der Waals surface area contributed by atoms with Crippen LogP contribution in [0.2, 0.25) is 0 Å². The molecule has 5 heteroatoms. The summed E-state index contributed by atoms with van der Waals surface area (Å²) >= 11 is 0. The number of fused-ring (bicyclic) bond motifs is 1. The van der Waals surface area contributed by atoms with Gasteiger partial charge in [0.25, 0.3) is 5.91 Å². The van der Waals surface area contributed by atoms with Crippen molar-refractivity contribution in [3.63, 3.8) is 0 Å². The number of aryl methyl sites for hydroxylation is 1. The van der Waals surface area contributed by atoms with Gasteiger partial charge in [0.2, 0.25) is 0 Å². The maximum Gasteiger partial charge on any atom is 0.287 e. The number of ether oxygens (including phenoxy) is 1. The predicted molar refractivity (Wildman–Crippen MR) is 87.6 cm³/mol. The lowest BCUT2D eigenvalue weighted by Gasteiger charge is -2.27. The standard InChI is InChI=1S/C18H22N2O3/c1-12-4-5-16-13(8-12)9-17(23-16)18(21)19-14-10-22-11-15(14)20-6-2-3-7-20/h4-5,8-9,14-15H,2-3,6-7,10-11H2,1H3,(H,19,21)/t14-,15-/m0/s1.